The molecule has 9 heteroatoms. The predicted molar refractivity (Wildman–Crippen MR) is 101 cm³/mol. The van der Waals surface area contributed by atoms with Crippen LogP contribution in [0.5, 0.6) is 0 Å². The highest BCUT2D eigenvalue weighted by molar-refractivity contribution is 6.04. The molecule has 2 aromatic heterocycles. The first-order chi connectivity index (χ1) is 13.5. The van der Waals surface area contributed by atoms with E-state index in [0.29, 0.717) is 23.9 Å². The first kappa shape index (κ1) is 18.2. The highest BCUT2D eigenvalue weighted by atomic mass is 19.1. The summed E-state index contributed by atoms with van der Waals surface area (Å²) in [7, 11) is 0. The Morgan fingerprint density at radius 1 is 1.29 bits per heavy atom. The number of nitrogens with zero attached hydrogens (tertiary/aromatic N) is 5. The van der Waals surface area contributed by atoms with Gasteiger partial charge in [-0.15, -0.1) is 5.10 Å². The van der Waals surface area contributed by atoms with E-state index in [1.165, 1.54) is 6.07 Å². The van der Waals surface area contributed by atoms with Gasteiger partial charge in [-0.2, -0.15) is 0 Å². The Hall–Kier alpha value is -3.20. The number of halogens is 1. The predicted octanol–water partition coefficient (Wildman–Crippen LogP) is 2.35. The summed E-state index contributed by atoms with van der Waals surface area (Å²) in [6.07, 6.45) is 0.752. The molecule has 0 saturated heterocycles. The largest absolute Gasteiger partial charge is 0.312 e. The van der Waals surface area contributed by atoms with E-state index in [1.807, 2.05) is 13.8 Å². The molecule has 0 radical (unpaired) electrons. The minimum atomic E-state index is -0.543. The summed E-state index contributed by atoms with van der Waals surface area (Å²) in [6.45, 7) is 5.35. The molecule has 28 heavy (non-hydrogen) atoms. The molecule has 3 aromatic rings. The number of aromatic nitrogens is 5. The Balaban J connectivity index is 1.60. The second-order valence-electron chi connectivity index (χ2n) is 6.93. The average molecular weight is 381 g/mol. The molecule has 1 amide bonds. The fourth-order valence-electron chi connectivity index (χ4n) is 3.20. The van der Waals surface area contributed by atoms with E-state index < -0.39 is 11.7 Å². The van der Waals surface area contributed by atoms with Crippen molar-refractivity contribution >= 4 is 11.7 Å². The van der Waals surface area contributed by atoms with E-state index in [-0.39, 0.29) is 11.6 Å². The van der Waals surface area contributed by atoms with Crippen LogP contribution in [0.4, 0.5) is 10.2 Å². The number of benzene rings is 1. The lowest BCUT2D eigenvalue weighted by molar-refractivity contribution is 0.102. The number of carbonyl (C=O) groups excluding carboxylic acids is 1. The molecule has 8 nitrogen and oxygen atoms in total. The number of tetrazole rings is 1. The fraction of sp³-hybridized carbons (Fsp3) is 0.316. The molecule has 1 aromatic carbocycles. The van der Waals surface area contributed by atoms with Crippen LogP contribution in [0.3, 0.4) is 0 Å². The molecule has 0 atom stereocenters. The van der Waals surface area contributed by atoms with E-state index in [4.69, 9.17) is 0 Å². The van der Waals surface area contributed by atoms with E-state index >= 15 is 0 Å². The van der Waals surface area contributed by atoms with Gasteiger partial charge in [-0.05, 0) is 72.6 Å². The van der Waals surface area contributed by atoms with Crippen LogP contribution in [-0.2, 0) is 13.0 Å². The second kappa shape index (κ2) is 7.43. The standard InChI is InChI=1S/C19H20FN7O/c1-11(2)27-18(24-25-26-27)16-4-3-5-17(22-16)23-19(28)14-8-13-10-21-7-6-12(13)9-15(14)20/h3-5,8-9,11,21H,6-7,10H2,1-2H3,(H,22,23,28). The van der Waals surface area contributed by atoms with Gasteiger partial charge in [-0.1, -0.05) is 6.07 Å². The summed E-state index contributed by atoms with van der Waals surface area (Å²) in [4.78, 5) is 17.0. The van der Waals surface area contributed by atoms with Crippen molar-refractivity contribution in [2.45, 2.75) is 32.9 Å². The maximum absolute atomic E-state index is 14.4. The molecule has 0 saturated carbocycles. The zero-order valence-electron chi connectivity index (χ0n) is 15.6. The number of fused-ring (bicyclic) bond motifs is 1. The normalized spacial score (nSPS) is 13.4. The second-order valence-corrected chi connectivity index (χ2v) is 6.93. The van der Waals surface area contributed by atoms with Gasteiger partial charge in [0.25, 0.3) is 5.91 Å². The summed E-state index contributed by atoms with van der Waals surface area (Å²) in [5.74, 6) is -0.273. The van der Waals surface area contributed by atoms with Crippen molar-refractivity contribution < 1.29 is 9.18 Å². The van der Waals surface area contributed by atoms with Gasteiger partial charge in [0.1, 0.15) is 17.3 Å². The first-order valence-electron chi connectivity index (χ1n) is 9.11. The Bertz CT molecular complexity index is 1030. The topological polar surface area (TPSA) is 97.6 Å². The zero-order chi connectivity index (χ0) is 19.7. The number of anilines is 1. The average Bonchev–Trinajstić information content (AvgIpc) is 3.18. The number of carbonyl (C=O) groups is 1. The van der Waals surface area contributed by atoms with E-state index in [9.17, 15) is 9.18 Å². The lowest BCUT2D eigenvalue weighted by atomic mass is 9.98. The van der Waals surface area contributed by atoms with Crippen LogP contribution in [0.15, 0.2) is 30.3 Å². The van der Waals surface area contributed by atoms with Crippen LogP contribution < -0.4 is 10.6 Å². The Morgan fingerprint density at radius 2 is 2.14 bits per heavy atom. The van der Waals surface area contributed by atoms with Crippen LogP contribution in [0.1, 0.15) is 41.4 Å². The van der Waals surface area contributed by atoms with Crippen LogP contribution in [0, 0.1) is 5.82 Å². The molecule has 0 aliphatic carbocycles. The van der Waals surface area contributed by atoms with Crippen molar-refractivity contribution in [1.29, 1.82) is 0 Å². The van der Waals surface area contributed by atoms with E-state index in [0.717, 1.165) is 24.1 Å². The fourth-order valence-corrected chi connectivity index (χ4v) is 3.20. The summed E-state index contributed by atoms with van der Waals surface area (Å²) < 4.78 is 16.1. The lowest BCUT2D eigenvalue weighted by Crippen LogP contribution is -2.25. The summed E-state index contributed by atoms with van der Waals surface area (Å²) in [5, 5.41) is 17.5. The summed E-state index contributed by atoms with van der Waals surface area (Å²) >= 11 is 0. The van der Waals surface area contributed by atoms with Crippen LogP contribution in [-0.4, -0.2) is 37.6 Å². The van der Waals surface area contributed by atoms with Crippen molar-refractivity contribution in [2.75, 3.05) is 11.9 Å². The number of hydrogen-bond acceptors (Lipinski definition) is 6. The minimum absolute atomic E-state index is 0.00154. The van der Waals surface area contributed by atoms with Gasteiger partial charge in [-0.25, -0.2) is 14.1 Å². The van der Waals surface area contributed by atoms with E-state index in [1.54, 1.807) is 28.9 Å². The van der Waals surface area contributed by atoms with Crippen LogP contribution in [0.25, 0.3) is 11.5 Å². The molecule has 0 fully saturated rings. The van der Waals surface area contributed by atoms with Crippen molar-refractivity contribution in [3.8, 4) is 11.5 Å². The van der Waals surface area contributed by atoms with Gasteiger partial charge in [0.15, 0.2) is 0 Å². The summed E-state index contributed by atoms with van der Waals surface area (Å²) in [5.41, 5.74) is 2.40. The number of hydrogen-bond donors (Lipinski definition) is 2. The van der Waals surface area contributed by atoms with Crippen molar-refractivity contribution in [1.82, 2.24) is 30.5 Å². The highest BCUT2D eigenvalue weighted by Crippen LogP contribution is 2.22. The minimum Gasteiger partial charge on any atom is -0.312 e. The lowest BCUT2D eigenvalue weighted by Gasteiger charge is -2.18. The van der Waals surface area contributed by atoms with Crippen molar-refractivity contribution in [3.05, 3.63) is 52.8 Å². The third-order valence-corrected chi connectivity index (χ3v) is 4.62. The Labute approximate surface area is 161 Å². The smallest absolute Gasteiger partial charge is 0.259 e. The molecule has 1 aliphatic rings. The van der Waals surface area contributed by atoms with Gasteiger partial charge < -0.3 is 10.6 Å². The zero-order valence-corrected chi connectivity index (χ0v) is 15.6. The van der Waals surface area contributed by atoms with Gasteiger partial charge in [0, 0.05) is 6.54 Å². The molecular formula is C19H20FN7O. The summed E-state index contributed by atoms with van der Waals surface area (Å²) in [6, 6.07) is 8.25. The van der Waals surface area contributed by atoms with Gasteiger partial charge >= 0.3 is 0 Å². The van der Waals surface area contributed by atoms with Crippen molar-refractivity contribution in [2.24, 2.45) is 0 Å². The highest BCUT2D eigenvalue weighted by Gasteiger charge is 2.19. The number of pyridine rings is 1. The number of amides is 1. The quantitative estimate of drug-likeness (QED) is 0.720. The van der Waals surface area contributed by atoms with Gasteiger partial charge in [0.05, 0.1) is 11.6 Å². The SMILES string of the molecule is CC(C)n1nnnc1-c1cccc(NC(=O)c2cc3c(cc2F)CCNC3)n1. The maximum atomic E-state index is 14.4. The van der Waals surface area contributed by atoms with Crippen LogP contribution in [0.2, 0.25) is 0 Å². The molecule has 144 valence electrons. The number of rotatable bonds is 4. The van der Waals surface area contributed by atoms with E-state index in [2.05, 4.69) is 31.1 Å². The molecule has 4 rings (SSSR count). The van der Waals surface area contributed by atoms with Gasteiger partial charge in [-0.3, -0.25) is 4.79 Å². The molecule has 2 N–H and O–H groups in total. The Morgan fingerprint density at radius 3 is 2.96 bits per heavy atom. The first-order valence-corrected chi connectivity index (χ1v) is 9.11. The van der Waals surface area contributed by atoms with Crippen molar-refractivity contribution in [3.63, 3.8) is 0 Å². The maximum Gasteiger partial charge on any atom is 0.259 e. The molecule has 1 aliphatic heterocycles. The third kappa shape index (κ3) is 3.48. The van der Waals surface area contributed by atoms with Crippen LogP contribution >= 0.6 is 0 Å². The Kier molecular flexibility index (Phi) is 4.82. The molecule has 3 heterocycles. The molecule has 0 spiro atoms. The molecular weight excluding hydrogens is 361 g/mol. The molecule has 0 bridgehead atoms. The third-order valence-electron chi connectivity index (χ3n) is 4.62. The number of nitrogens with one attached hydrogen (secondary N) is 2. The molecule has 0 unspecified atom stereocenters. The van der Waals surface area contributed by atoms with Gasteiger partial charge in [0.2, 0.25) is 5.82 Å². The monoisotopic (exact) mass is 381 g/mol.